The number of allylic oxidation sites excluding steroid dienone is 3. The number of Topliss-reactive ketones (excluding diaryl/α,β-unsaturated/α-hetero) is 1. The maximum Gasteiger partial charge on any atom is 0.337 e. The number of thiophene rings is 1. The Morgan fingerprint density at radius 1 is 1.21 bits per heavy atom. The first-order valence-corrected chi connectivity index (χ1v) is 13.0. The molecule has 1 aliphatic heterocycles. The monoisotopic (exact) mass is 529 g/mol. The lowest BCUT2D eigenvalue weighted by molar-refractivity contribution is -0.144. The molecule has 5 rings (SSSR count). The first kappa shape index (κ1) is 22.5. The van der Waals surface area contributed by atoms with Crippen LogP contribution in [0.15, 0.2) is 62.7 Å². The van der Waals surface area contributed by atoms with Crippen molar-refractivity contribution >= 4 is 39.0 Å². The minimum atomic E-state index is -0.788. The molecule has 4 nitrogen and oxygen atoms in total. The zero-order valence-corrected chi connectivity index (χ0v) is 20.7. The Morgan fingerprint density at radius 3 is 2.73 bits per heavy atom. The van der Waals surface area contributed by atoms with Crippen molar-refractivity contribution in [2.45, 2.75) is 63.4 Å². The van der Waals surface area contributed by atoms with Gasteiger partial charge in [0.25, 0.3) is 0 Å². The molecular weight excluding hydrogens is 505 g/mol. The van der Waals surface area contributed by atoms with Crippen molar-refractivity contribution in [3.8, 4) is 0 Å². The highest BCUT2D eigenvalue weighted by atomic mass is 79.9. The van der Waals surface area contributed by atoms with E-state index in [4.69, 9.17) is 4.74 Å². The molecule has 2 aliphatic carbocycles. The average Bonchev–Trinajstić information content (AvgIpc) is 3.48. The standard InChI is InChI=1S/C26H25BrFNO3S/c1-14-23(26(31)32-17-5-2-3-6-17)24(18-13-16(27)8-9-19(18)28)25-20(29-14)11-15(12-21(25)30)22-7-4-10-33-22/h4,7-10,13,15,17,24,29H,2-3,5-6,11-12H2,1H3/t15-,24-/m1/s1. The summed E-state index contributed by atoms with van der Waals surface area (Å²) in [5.74, 6) is -1.66. The number of hydrogen-bond acceptors (Lipinski definition) is 5. The highest BCUT2D eigenvalue weighted by molar-refractivity contribution is 9.10. The van der Waals surface area contributed by atoms with Gasteiger partial charge in [0.2, 0.25) is 0 Å². The van der Waals surface area contributed by atoms with Crippen LogP contribution in [-0.4, -0.2) is 17.9 Å². The Kier molecular flexibility index (Phi) is 6.27. The Bertz CT molecular complexity index is 1160. The molecule has 7 heteroatoms. The van der Waals surface area contributed by atoms with Gasteiger partial charge in [-0.2, -0.15) is 0 Å². The molecule has 2 heterocycles. The van der Waals surface area contributed by atoms with Crippen LogP contribution in [0.3, 0.4) is 0 Å². The lowest BCUT2D eigenvalue weighted by Crippen LogP contribution is -2.36. The van der Waals surface area contributed by atoms with Crippen molar-refractivity contribution in [1.29, 1.82) is 0 Å². The summed E-state index contributed by atoms with van der Waals surface area (Å²) in [5.41, 5.74) is 2.55. The molecule has 1 fully saturated rings. The molecule has 0 radical (unpaired) electrons. The van der Waals surface area contributed by atoms with Crippen LogP contribution >= 0.6 is 27.3 Å². The van der Waals surface area contributed by atoms with Gasteiger partial charge in [-0.3, -0.25) is 4.79 Å². The van der Waals surface area contributed by atoms with E-state index < -0.39 is 17.7 Å². The third-order valence-electron chi connectivity index (χ3n) is 6.84. The molecule has 3 aliphatic rings. The number of ether oxygens (including phenoxy) is 1. The fourth-order valence-electron chi connectivity index (χ4n) is 5.30. The third kappa shape index (κ3) is 4.33. The van der Waals surface area contributed by atoms with E-state index in [1.165, 1.54) is 6.07 Å². The van der Waals surface area contributed by atoms with E-state index in [0.29, 0.717) is 39.7 Å². The zero-order chi connectivity index (χ0) is 23.1. The first-order chi connectivity index (χ1) is 15.9. The lowest BCUT2D eigenvalue weighted by atomic mass is 9.72. The van der Waals surface area contributed by atoms with Gasteiger partial charge in [0.05, 0.1) is 11.5 Å². The Labute approximate surface area is 205 Å². The molecule has 2 aromatic rings. The molecule has 0 saturated heterocycles. The molecule has 172 valence electrons. The van der Waals surface area contributed by atoms with Crippen LogP contribution in [-0.2, 0) is 14.3 Å². The van der Waals surface area contributed by atoms with Gasteiger partial charge in [0.15, 0.2) is 5.78 Å². The lowest BCUT2D eigenvalue weighted by Gasteiger charge is -2.36. The summed E-state index contributed by atoms with van der Waals surface area (Å²) in [5, 5.41) is 5.35. The Hall–Kier alpha value is -2.25. The summed E-state index contributed by atoms with van der Waals surface area (Å²) in [6, 6.07) is 8.71. The predicted octanol–water partition coefficient (Wildman–Crippen LogP) is 6.50. The van der Waals surface area contributed by atoms with Gasteiger partial charge in [-0.25, -0.2) is 9.18 Å². The maximum absolute atomic E-state index is 15.2. The van der Waals surface area contributed by atoms with Crippen LogP contribution in [0, 0.1) is 5.82 Å². The van der Waals surface area contributed by atoms with Crippen LogP contribution in [0.5, 0.6) is 0 Å². The highest BCUT2D eigenvalue weighted by Crippen LogP contribution is 2.47. The quantitative estimate of drug-likeness (QED) is 0.459. The number of ketones is 1. The van der Waals surface area contributed by atoms with Crippen molar-refractivity contribution in [3.63, 3.8) is 0 Å². The van der Waals surface area contributed by atoms with E-state index in [1.807, 2.05) is 18.4 Å². The van der Waals surface area contributed by atoms with Gasteiger partial charge >= 0.3 is 5.97 Å². The van der Waals surface area contributed by atoms with Gasteiger partial charge in [-0.05, 0) is 68.7 Å². The van der Waals surface area contributed by atoms with Crippen LogP contribution < -0.4 is 5.32 Å². The summed E-state index contributed by atoms with van der Waals surface area (Å²) in [6.45, 7) is 1.82. The molecule has 2 atom stereocenters. The molecule has 0 spiro atoms. The van der Waals surface area contributed by atoms with Crippen LogP contribution in [0.4, 0.5) is 4.39 Å². The van der Waals surface area contributed by atoms with E-state index >= 15 is 4.39 Å². The molecule has 1 N–H and O–H groups in total. The van der Waals surface area contributed by atoms with E-state index in [9.17, 15) is 9.59 Å². The van der Waals surface area contributed by atoms with Gasteiger partial charge in [0.1, 0.15) is 11.9 Å². The molecule has 0 amide bonds. The molecule has 1 saturated carbocycles. The smallest absolute Gasteiger partial charge is 0.337 e. The molecule has 1 aromatic carbocycles. The minimum Gasteiger partial charge on any atom is -0.459 e. The van der Waals surface area contributed by atoms with Crippen LogP contribution in [0.25, 0.3) is 0 Å². The van der Waals surface area contributed by atoms with Crippen molar-refractivity contribution in [1.82, 2.24) is 5.32 Å². The topological polar surface area (TPSA) is 55.4 Å². The zero-order valence-electron chi connectivity index (χ0n) is 18.3. The van der Waals surface area contributed by atoms with Crippen molar-refractivity contribution in [2.75, 3.05) is 0 Å². The molecule has 33 heavy (non-hydrogen) atoms. The maximum atomic E-state index is 15.2. The van der Waals surface area contributed by atoms with Gasteiger partial charge in [-0.1, -0.05) is 22.0 Å². The molecule has 0 bridgehead atoms. The molecule has 0 unspecified atom stereocenters. The summed E-state index contributed by atoms with van der Waals surface area (Å²) >= 11 is 5.07. The number of rotatable bonds is 4. The number of esters is 1. The minimum absolute atomic E-state index is 0.0507. The van der Waals surface area contributed by atoms with Crippen LogP contribution in [0.2, 0.25) is 0 Å². The van der Waals surface area contributed by atoms with E-state index in [0.717, 1.165) is 36.3 Å². The SMILES string of the molecule is CC1=C(C(=O)OC2CCCC2)[C@@H](c2cc(Br)ccc2F)C2=C(C[C@@H](c3cccs3)CC2=O)N1. The van der Waals surface area contributed by atoms with Crippen molar-refractivity contribution < 1.29 is 18.7 Å². The number of nitrogens with one attached hydrogen (secondary N) is 1. The summed E-state index contributed by atoms with van der Waals surface area (Å²) in [4.78, 5) is 28.1. The number of carbonyl (C=O) groups excluding carboxylic acids is 2. The predicted molar refractivity (Wildman–Crippen MR) is 129 cm³/mol. The van der Waals surface area contributed by atoms with E-state index in [1.54, 1.807) is 23.5 Å². The second-order valence-electron chi connectivity index (χ2n) is 9.01. The van der Waals surface area contributed by atoms with Crippen molar-refractivity contribution in [3.05, 3.63) is 79.0 Å². The number of halogens is 2. The fourth-order valence-corrected chi connectivity index (χ4v) is 6.51. The Morgan fingerprint density at radius 2 is 2.00 bits per heavy atom. The largest absolute Gasteiger partial charge is 0.459 e. The Balaban J connectivity index is 1.59. The van der Waals surface area contributed by atoms with Gasteiger partial charge in [-0.15, -0.1) is 11.3 Å². The number of benzene rings is 1. The third-order valence-corrected chi connectivity index (χ3v) is 8.37. The first-order valence-electron chi connectivity index (χ1n) is 11.4. The van der Waals surface area contributed by atoms with E-state index in [2.05, 4.69) is 27.3 Å². The highest BCUT2D eigenvalue weighted by Gasteiger charge is 2.43. The summed E-state index contributed by atoms with van der Waals surface area (Å²) in [7, 11) is 0. The van der Waals surface area contributed by atoms with Crippen LogP contribution in [0.1, 0.15) is 67.7 Å². The summed E-state index contributed by atoms with van der Waals surface area (Å²) < 4.78 is 21.7. The van der Waals surface area contributed by atoms with Crippen molar-refractivity contribution in [2.24, 2.45) is 0 Å². The van der Waals surface area contributed by atoms with E-state index in [-0.39, 0.29) is 17.8 Å². The molecular formula is C26H25BrFNO3S. The normalized spacial score (nSPS) is 23.5. The average molecular weight is 530 g/mol. The van der Waals surface area contributed by atoms with Gasteiger partial charge in [0, 0.05) is 44.2 Å². The number of dihydropyridines is 1. The second kappa shape index (κ2) is 9.18. The fraction of sp³-hybridized carbons (Fsp3) is 0.385. The number of carbonyl (C=O) groups is 2. The van der Waals surface area contributed by atoms with Gasteiger partial charge < -0.3 is 10.1 Å². The summed E-state index contributed by atoms with van der Waals surface area (Å²) in [6.07, 6.45) is 4.64. The second-order valence-corrected chi connectivity index (χ2v) is 10.9. The molecule has 1 aromatic heterocycles. The number of hydrogen-bond donors (Lipinski definition) is 1.